The van der Waals surface area contributed by atoms with Crippen molar-refractivity contribution in [3.05, 3.63) is 0 Å². The molecule has 0 radical (unpaired) electrons. The molecule has 0 N–H and O–H groups in total. The van der Waals surface area contributed by atoms with Gasteiger partial charge in [-0.25, -0.2) is 43.9 Å². The average Bonchev–Trinajstić information content (AvgIpc) is 3.25. The Morgan fingerprint density at radius 2 is 0.282 bits per heavy atom. The summed E-state index contributed by atoms with van der Waals surface area (Å²) in [5.74, 6) is 0. The van der Waals surface area contributed by atoms with Crippen LogP contribution in [-0.4, -0.2) is 167 Å². The molecule has 0 saturated carbocycles. The summed E-state index contributed by atoms with van der Waals surface area (Å²) in [5.41, 5.74) is -5.12. The highest BCUT2D eigenvalue weighted by Crippen LogP contribution is 2.45. The maximum atomic E-state index is 11.9. The fraction of sp³-hybridized carbons (Fsp3) is 1.00. The van der Waals surface area contributed by atoms with Gasteiger partial charge in [-0.1, -0.05) is 274 Å². The van der Waals surface area contributed by atoms with Gasteiger partial charge < -0.3 is 0 Å². The van der Waals surface area contributed by atoms with Gasteiger partial charge in [-0.3, -0.25) is 30.7 Å². The molecule has 0 aliphatic rings. The smallest absolute Gasteiger partial charge is 0.251 e. The summed E-state index contributed by atoms with van der Waals surface area (Å²) in [4.78, 5) is 0. The van der Waals surface area contributed by atoms with Crippen LogP contribution in [0.4, 0.5) is 220 Å². The molecular formula is C74H202F50. The van der Waals surface area contributed by atoms with E-state index < -0.39 is 173 Å². The molecule has 0 aliphatic carbocycles. The number of rotatable bonds is 4. The van der Waals surface area contributed by atoms with Gasteiger partial charge in [0.15, 0.2) is 19.5 Å². The minimum absolute atomic E-state index is 0. The molecule has 0 spiro atoms. The SMILES string of the molecule is C.C.C.C.C.C.C.C.C.C.C.C.C.C.C.C.C.C.C.C.C.C.C.C.C.C.C.C.C.C.C.C.C.C.C.C.CC(F)(C(F)(F)F)C(F)(F)F.CCC(F)C(F)(F)F.CCF.CCF.CCF.CCF.CCF.FC(F)(F)CC(F)(F)F.FC(F)(F)CC(F)(F)F.FCC(F)(F)F.FCC(F)(F)F.FCCC(F)(F)F.FCCC(F)(F)F.FCCF.FCF.FCF. The Kier molecular flexibility index (Phi) is 620. The molecule has 0 aliphatic heterocycles. The molecule has 0 bridgehead atoms. The van der Waals surface area contributed by atoms with Crippen LogP contribution in [0.15, 0.2) is 0 Å². The zero-order valence-electron chi connectivity index (χ0n) is 45.2. The molecule has 0 aromatic heterocycles. The van der Waals surface area contributed by atoms with Crippen LogP contribution in [0, 0.1) is 0 Å². The Balaban J connectivity index is -0.00000000887. The van der Waals surface area contributed by atoms with E-state index in [-0.39, 0.29) is 301 Å². The van der Waals surface area contributed by atoms with Crippen LogP contribution in [0.5, 0.6) is 0 Å². The molecule has 0 aromatic carbocycles. The molecule has 1 atom stereocenters. The quantitative estimate of drug-likeness (QED) is 0.246. The van der Waals surface area contributed by atoms with Crippen LogP contribution in [0.25, 0.3) is 0 Å². The van der Waals surface area contributed by atoms with Gasteiger partial charge in [0.1, 0.15) is 26.2 Å². The summed E-state index contributed by atoms with van der Waals surface area (Å²) in [6.07, 6.45) is -66.2. The normalized spacial score (nSPS) is 8.20. The number of alkyl halides is 50. The molecule has 0 heterocycles. The minimum atomic E-state index is -5.91. The fourth-order valence-corrected chi connectivity index (χ4v) is 1.06. The van der Waals surface area contributed by atoms with Gasteiger partial charge in [-0.05, 0) is 48.0 Å². The highest BCUT2D eigenvalue weighted by molar-refractivity contribution is 4.89. The topological polar surface area (TPSA) is 0 Å². The molecule has 0 aromatic rings. The Labute approximate surface area is 733 Å². The van der Waals surface area contributed by atoms with E-state index in [0.29, 0.717) is 0 Å². The third kappa shape index (κ3) is 668. The Morgan fingerprint density at radius 3 is 0.282 bits per heavy atom. The van der Waals surface area contributed by atoms with E-state index in [9.17, 15) is 220 Å². The first-order valence-electron chi connectivity index (χ1n) is 20.9. The van der Waals surface area contributed by atoms with Crippen molar-refractivity contribution in [1.29, 1.82) is 0 Å². The van der Waals surface area contributed by atoms with Crippen molar-refractivity contribution in [2.24, 2.45) is 0 Å². The lowest BCUT2D eigenvalue weighted by atomic mass is 10.1. The standard InChI is InChI=1S/C4H3F7.C4H6F4.2C3H2F6.2C3H4F4.2C2H2F4.C2H4F2.5C2H5F.2CH2F2.36CH4/c1-2(5,3(6,7)8)4(9,10)11;1-2-3(5)4(6,7)8;2*4-2(5,6)1-3(7,8)9;2*4-2-1-3(5,6)7;2*3-1-2(4,5)6;3-1-2-4;5*1-2-3;2*2-1-3;;;;;;;;;;;;;;;;;;;;;;;;;;;;;;;;;;;;/h1H3;3H,2H2,1H3;2*1H2;2*1-2H2;2*1H2;1-2H2;5*2H2,1H3;2*1H2;36*1H4. The first-order chi connectivity index (χ1) is 38.5. The zero-order chi connectivity index (χ0) is 76.3. The fourth-order valence-electron chi connectivity index (χ4n) is 1.06. The highest BCUT2D eigenvalue weighted by Gasteiger charge is 2.69. The van der Waals surface area contributed by atoms with Crippen LogP contribution >= 0.6 is 0 Å². The van der Waals surface area contributed by atoms with Crippen LogP contribution in [-0.2, 0) is 0 Å². The molecule has 848 valence electrons. The Morgan fingerprint density at radius 1 is 0.185 bits per heavy atom. The van der Waals surface area contributed by atoms with Crippen molar-refractivity contribution in [3.8, 4) is 0 Å². The van der Waals surface area contributed by atoms with Gasteiger partial charge in [-0.15, -0.1) is 0 Å². The van der Waals surface area contributed by atoms with Crippen LogP contribution < -0.4 is 0 Å². The van der Waals surface area contributed by atoms with Crippen LogP contribution in [0.3, 0.4) is 0 Å². The van der Waals surface area contributed by atoms with Crippen LogP contribution in [0.1, 0.15) is 348 Å². The molecule has 0 fully saturated rings. The number of hydrogen-bond acceptors (Lipinski definition) is 0. The van der Waals surface area contributed by atoms with E-state index in [1.165, 1.54) is 34.6 Å². The van der Waals surface area contributed by atoms with Crippen molar-refractivity contribution in [1.82, 2.24) is 0 Å². The van der Waals surface area contributed by atoms with Gasteiger partial charge in [0, 0.05) is 0 Å². The maximum absolute atomic E-state index is 11.9. The first kappa shape index (κ1) is 367. The van der Waals surface area contributed by atoms with Crippen LogP contribution in [0.2, 0.25) is 0 Å². The monoisotopic (exact) mass is 2040 g/mol. The van der Waals surface area contributed by atoms with E-state index in [1.54, 1.807) is 0 Å². The number of hydrogen-bond donors (Lipinski definition) is 0. The third-order valence-electron chi connectivity index (χ3n) is 3.71. The molecular weight excluding hydrogens is 1840 g/mol. The molecule has 124 heavy (non-hydrogen) atoms. The van der Waals surface area contributed by atoms with Crippen molar-refractivity contribution in [2.75, 3.05) is 87.3 Å². The highest BCUT2D eigenvalue weighted by atomic mass is 19.5. The van der Waals surface area contributed by atoms with Crippen molar-refractivity contribution < 1.29 is 220 Å². The van der Waals surface area contributed by atoms with Gasteiger partial charge in [0.25, 0.3) is 5.67 Å². The zero-order valence-corrected chi connectivity index (χ0v) is 45.2. The molecule has 1 unspecified atom stereocenters. The lowest BCUT2D eigenvalue weighted by molar-refractivity contribution is -0.334. The van der Waals surface area contributed by atoms with E-state index in [2.05, 4.69) is 0 Å². The second-order valence-corrected chi connectivity index (χ2v) is 11.8. The molecule has 0 rings (SSSR count). The predicted octanol–water partition coefficient (Wildman–Crippen LogP) is 47.5. The summed E-state index contributed by atoms with van der Waals surface area (Å²) in [7, 11) is 0. The van der Waals surface area contributed by atoms with Gasteiger partial charge in [0.05, 0.1) is 59.6 Å². The third-order valence-corrected chi connectivity index (χ3v) is 3.71. The van der Waals surface area contributed by atoms with E-state index >= 15 is 0 Å². The van der Waals surface area contributed by atoms with Gasteiger partial charge in [0.2, 0.25) is 13.9 Å². The van der Waals surface area contributed by atoms with E-state index in [4.69, 9.17) is 0 Å². The predicted molar refractivity (Wildman–Crippen MR) is 460 cm³/mol. The second-order valence-electron chi connectivity index (χ2n) is 11.8. The largest absolute Gasteiger partial charge is 0.431 e. The van der Waals surface area contributed by atoms with Crippen molar-refractivity contribution in [2.45, 2.75) is 428 Å². The molecule has 0 saturated heterocycles. The van der Waals surface area contributed by atoms with Gasteiger partial charge >= 0.3 is 67.9 Å². The minimum Gasteiger partial charge on any atom is -0.251 e. The summed E-state index contributed by atoms with van der Waals surface area (Å²) < 4.78 is 534. The maximum Gasteiger partial charge on any atom is 0.431 e. The second kappa shape index (κ2) is 209. The molecule has 0 amide bonds. The summed E-state index contributed by atoms with van der Waals surface area (Å²) in [6, 6.07) is 0. The van der Waals surface area contributed by atoms with Crippen molar-refractivity contribution in [3.63, 3.8) is 0 Å². The summed E-state index contributed by atoms with van der Waals surface area (Å²) in [6.45, 7) is -5.65. The van der Waals surface area contributed by atoms with E-state index in [1.807, 2.05) is 0 Å². The summed E-state index contributed by atoms with van der Waals surface area (Å²) >= 11 is 0. The Hall–Kier alpha value is -3.50. The molecule has 50 heteroatoms. The lowest BCUT2D eigenvalue weighted by Crippen LogP contribution is -2.50. The average molecular weight is 2040 g/mol. The number of halogens is 50. The van der Waals surface area contributed by atoms with E-state index in [0.717, 1.165) is 6.92 Å². The molecule has 0 nitrogen and oxygen atoms in total. The summed E-state index contributed by atoms with van der Waals surface area (Å²) in [5, 5.41) is 0. The Bertz CT molecular complexity index is 1110. The lowest BCUT2D eigenvalue weighted by Gasteiger charge is -2.25. The van der Waals surface area contributed by atoms with Crippen molar-refractivity contribution >= 4 is 0 Å². The first-order valence-corrected chi connectivity index (χ1v) is 20.9. The van der Waals surface area contributed by atoms with Gasteiger partial charge in [-0.2, -0.15) is 145 Å².